The minimum atomic E-state index is -0.829. The Morgan fingerprint density at radius 3 is 2.50 bits per heavy atom. The molecule has 0 spiro atoms. The quantitative estimate of drug-likeness (QED) is 0.613. The number of aromatic nitrogens is 3. The Morgan fingerprint density at radius 1 is 1.31 bits per heavy atom. The van der Waals surface area contributed by atoms with Crippen LogP contribution in [0.25, 0.3) is 0 Å². The van der Waals surface area contributed by atoms with Crippen LogP contribution in [0.2, 0.25) is 0 Å². The maximum atomic E-state index is 12.6. The van der Waals surface area contributed by atoms with Crippen molar-refractivity contribution in [1.29, 1.82) is 5.26 Å². The Labute approximate surface area is 148 Å². The van der Waals surface area contributed by atoms with E-state index in [2.05, 4.69) is 4.98 Å². The van der Waals surface area contributed by atoms with E-state index >= 15 is 0 Å². The van der Waals surface area contributed by atoms with Gasteiger partial charge >= 0.3 is 11.7 Å². The summed E-state index contributed by atoms with van der Waals surface area (Å²) in [6.07, 6.45) is 1.17. The van der Waals surface area contributed by atoms with E-state index in [-0.39, 0.29) is 23.4 Å². The Hall–Kier alpha value is -3.41. The lowest BCUT2D eigenvalue weighted by Gasteiger charge is -2.09. The molecule has 9 heteroatoms. The van der Waals surface area contributed by atoms with Crippen LogP contribution in [-0.4, -0.2) is 33.0 Å². The molecule has 136 valence electrons. The average Bonchev–Trinajstić information content (AvgIpc) is 2.92. The molecule has 9 nitrogen and oxygen atoms in total. The van der Waals surface area contributed by atoms with Gasteiger partial charge in [-0.05, 0) is 26.3 Å². The summed E-state index contributed by atoms with van der Waals surface area (Å²) in [5, 5.41) is 9.06. The van der Waals surface area contributed by atoms with E-state index in [0.29, 0.717) is 11.3 Å². The minimum absolute atomic E-state index is 0.111. The molecule has 2 aromatic heterocycles. The number of nitrogens with zero attached hydrogens (tertiary/aromatic N) is 3. The standard InChI is InChI=1S/C17H18N4O5/c1-5-20-7-11(6-18)15(23)21(17(20)25)8-12(22)14-9(2)13(10(3)19-14)16(24)26-4/h7,19H,5,8H2,1-4H3. The first-order chi connectivity index (χ1) is 12.3. The number of aryl methyl sites for hydroxylation is 2. The Balaban J connectivity index is 2.53. The zero-order chi connectivity index (χ0) is 19.6. The molecular formula is C17H18N4O5. The molecule has 0 unspecified atom stereocenters. The number of hydrogen-bond acceptors (Lipinski definition) is 6. The van der Waals surface area contributed by atoms with E-state index in [4.69, 9.17) is 10.00 Å². The molecule has 0 aromatic carbocycles. The van der Waals surface area contributed by atoms with Crippen molar-refractivity contribution in [3.8, 4) is 6.07 Å². The zero-order valence-electron chi connectivity index (χ0n) is 14.9. The number of Topliss-reactive ketones (excluding diaryl/α,β-unsaturated/α-hetero) is 1. The number of hydrogen-bond donors (Lipinski definition) is 1. The molecule has 2 rings (SSSR count). The topological polar surface area (TPSA) is 127 Å². The second-order valence-electron chi connectivity index (χ2n) is 5.65. The predicted octanol–water partition coefficient (Wildman–Crippen LogP) is 0.516. The van der Waals surface area contributed by atoms with Crippen LogP contribution in [0.1, 0.15) is 44.6 Å². The summed E-state index contributed by atoms with van der Waals surface area (Å²) in [6, 6.07) is 1.72. The maximum absolute atomic E-state index is 12.6. The summed E-state index contributed by atoms with van der Waals surface area (Å²) >= 11 is 0. The van der Waals surface area contributed by atoms with Crippen LogP contribution in [0.15, 0.2) is 15.8 Å². The molecule has 0 aliphatic carbocycles. The first-order valence-electron chi connectivity index (χ1n) is 7.81. The van der Waals surface area contributed by atoms with Crippen molar-refractivity contribution in [3.05, 3.63) is 55.1 Å². The maximum Gasteiger partial charge on any atom is 0.339 e. The molecule has 0 saturated carbocycles. The molecule has 0 amide bonds. The molecule has 0 aliphatic heterocycles. The molecule has 2 aromatic rings. The number of carbonyl (C=O) groups excluding carboxylic acids is 2. The van der Waals surface area contributed by atoms with Gasteiger partial charge in [-0.2, -0.15) is 5.26 Å². The summed E-state index contributed by atoms with van der Waals surface area (Å²) in [7, 11) is 1.23. The SMILES string of the molecule is CCn1cc(C#N)c(=O)n(CC(=O)c2[nH]c(C)c(C(=O)OC)c2C)c1=O. The van der Waals surface area contributed by atoms with Gasteiger partial charge in [0.05, 0.1) is 24.9 Å². The largest absolute Gasteiger partial charge is 0.465 e. The van der Waals surface area contributed by atoms with Crippen LogP contribution in [0.4, 0.5) is 0 Å². The van der Waals surface area contributed by atoms with Gasteiger partial charge in [0.25, 0.3) is 5.56 Å². The van der Waals surface area contributed by atoms with Crippen molar-refractivity contribution < 1.29 is 14.3 Å². The summed E-state index contributed by atoms with van der Waals surface area (Å²) < 4.78 is 6.59. The molecule has 0 atom stereocenters. The molecule has 0 saturated heterocycles. The fourth-order valence-electron chi connectivity index (χ4n) is 2.76. The van der Waals surface area contributed by atoms with E-state index in [9.17, 15) is 19.2 Å². The molecular weight excluding hydrogens is 340 g/mol. The summed E-state index contributed by atoms with van der Waals surface area (Å²) in [5.41, 5.74) is -0.571. The normalized spacial score (nSPS) is 10.4. The second kappa shape index (κ2) is 7.23. The van der Waals surface area contributed by atoms with Crippen molar-refractivity contribution >= 4 is 11.8 Å². The highest BCUT2D eigenvalue weighted by Gasteiger charge is 2.23. The first-order valence-corrected chi connectivity index (χ1v) is 7.81. The Morgan fingerprint density at radius 2 is 1.96 bits per heavy atom. The van der Waals surface area contributed by atoms with Gasteiger partial charge in [0.2, 0.25) is 0 Å². The minimum Gasteiger partial charge on any atom is -0.465 e. The van der Waals surface area contributed by atoms with E-state index in [1.54, 1.807) is 26.8 Å². The van der Waals surface area contributed by atoms with Gasteiger partial charge in [-0.1, -0.05) is 0 Å². The number of aromatic amines is 1. The van der Waals surface area contributed by atoms with E-state index in [0.717, 1.165) is 4.57 Å². The Kier molecular flexibility index (Phi) is 5.26. The Bertz CT molecular complexity index is 1050. The number of rotatable bonds is 5. The lowest BCUT2D eigenvalue weighted by molar-refractivity contribution is 0.0599. The molecule has 0 bridgehead atoms. The number of carbonyl (C=O) groups is 2. The van der Waals surface area contributed by atoms with Crippen LogP contribution in [0.5, 0.6) is 0 Å². The van der Waals surface area contributed by atoms with Gasteiger partial charge in [-0.15, -0.1) is 0 Å². The first kappa shape index (κ1) is 18.9. The fourth-order valence-corrected chi connectivity index (χ4v) is 2.76. The van der Waals surface area contributed by atoms with E-state index < -0.39 is 29.5 Å². The third kappa shape index (κ3) is 3.09. The average molecular weight is 358 g/mol. The van der Waals surface area contributed by atoms with Crippen LogP contribution in [0, 0.1) is 25.2 Å². The number of ketones is 1. The number of ether oxygens (including phenoxy) is 1. The van der Waals surface area contributed by atoms with Gasteiger partial charge in [0.1, 0.15) is 11.6 Å². The van der Waals surface area contributed by atoms with Crippen LogP contribution in [-0.2, 0) is 17.8 Å². The van der Waals surface area contributed by atoms with Crippen molar-refractivity contribution in [2.45, 2.75) is 33.9 Å². The summed E-state index contributed by atoms with van der Waals surface area (Å²) in [4.78, 5) is 51.9. The summed E-state index contributed by atoms with van der Waals surface area (Å²) in [6.45, 7) is 4.56. The lowest BCUT2D eigenvalue weighted by atomic mass is 10.1. The van der Waals surface area contributed by atoms with Crippen molar-refractivity contribution in [2.75, 3.05) is 7.11 Å². The molecule has 0 aliphatic rings. The van der Waals surface area contributed by atoms with Gasteiger partial charge in [0.15, 0.2) is 5.78 Å². The van der Waals surface area contributed by atoms with Crippen LogP contribution < -0.4 is 11.2 Å². The van der Waals surface area contributed by atoms with Crippen molar-refractivity contribution in [1.82, 2.24) is 14.1 Å². The number of methoxy groups -OCH3 is 1. The van der Waals surface area contributed by atoms with Gasteiger partial charge < -0.3 is 9.72 Å². The van der Waals surface area contributed by atoms with Crippen molar-refractivity contribution in [2.24, 2.45) is 0 Å². The van der Waals surface area contributed by atoms with Gasteiger partial charge in [-0.25, -0.2) is 9.59 Å². The van der Waals surface area contributed by atoms with Crippen LogP contribution in [0.3, 0.4) is 0 Å². The van der Waals surface area contributed by atoms with E-state index in [1.165, 1.54) is 17.9 Å². The van der Waals surface area contributed by atoms with Crippen LogP contribution >= 0.6 is 0 Å². The molecule has 0 fully saturated rings. The van der Waals surface area contributed by atoms with Gasteiger partial charge in [-0.3, -0.25) is 18.7 Å². The zero-order valence-corrected chi connectivity index (χ0v) is 14.9. The lowest BCUT2D eigenvalue weighted by Crippen LogP contribution is -2.42. The highest BCUT2D eigenvalue weighted by Crippen LogP contribution is 2.19. The second-order valence-corrected chi connectivity index (χ2v) is 5.65. The number of nitrogens with one attached hydrogen (secondary N) is 1. The smallest absolute Gasteiger partial charge is 0.339 e. The molecule has 0 radical (unpaired) electrons. The van der Waals surface area contributed by atoms with Crippen molar-refractivity contribution in [3.63, 3.8) is 0 Å². The third-order valence-electron chi connectivity index (χ3n) is 4.11. The number of H-pyrrole nitrogens is 1. The fraction of sp³-hybridized carbons (Fsp3) is 0.353. The highest BCUT2D eigenvalue weighted by molar-refractivity contribution is 6.01. The van der Waals surface area contributed by atoms with Gasteiger partial charge in [0, 0.05) is 18.4 Å². The molecule has 1 N–H and O–H groups in total. The monoisotopic (exact) mass is 358 g/mol. The molecule has 2 heterocycles. The number of nitriles is 1. The highest BCUT2D eigenvalue weighted by atomic mass is 16.5. The number of esters is 1. The van der Waals surface area contributed by atoms with E-state index in [1.807, 2.05) is 0 Å². The third-order valence-corrected chi connectivity index (χ3v) is 4.11. The predicted molar refractivity (Wildman–Crippen MR) is 91.3 cm³/mol. The molecule has 26 heavy (non-hydrogen) atoms. The summed E-state index contributed by atoms with van der Waals surface area (Å²) in [5.74, 6) is -1.15.